The molecule has 0 radical (unpaired) electrons. The van der Waals surface area contributed by atoms with Gasteiger partial charge in [0.05, 0.1) is 5.92 Å². The van der Waals surface area contributed by atoms with Crippen molar-refractivity contribution in [2.75, 3.05) is 19.6 Å². The molecule has 0 saturated carbocycles. The molecule has 0 aliphatic carbocycles. The number of nitrogens with zero attached hydrogens (tertiary/aromatic N) is 2. The number of nitrogens with two attached hydrogens (primary N) is 1. The van der Waals surface area contributed by atoms with Crippen LogP contribution >= 0.6 is 0 Å². The lowest BCUT2D eigenvalue weighted by Gasteiger charge is -2.23. The molecule has 0 spiro atoms. The van der Waals surface area contributed by atoms with Crippen molar-refractivity contribution < 1.29 is 24.3 Å². The predicted octanol–water partition coefficient (Wildman–Crippen LogP) is 4.99. The smallest absolute Gasteiger partial charge is 0.306 e. The van der Waals surface area contributed by atoms with Crippen molar-refractivity contribution in [3.05, 3.63) is 71.3 Å². The standard InChI is InChI=1S/C22H33N3O5.C8H12/c1-5-9-24(10-6-2)20(27)17-7-8-19(15(3)11-17)21(28)25(14-26)13-18(23)12-16(4)22(29)30;1-4-6-7-8(3)5-2/h7-8,11,14,16,18H,5-6,9-10,12-13,23H2,1-4H3,(H,29,30);4-7H,1H2,2-3H3/b;7-6-,8-5-. The predicted molar refractivity (Wildman–Crippen MR) is 153 cm³/mol. The van der Waals surface area contributed by atoms with Crippen LogP contribution in [-0.4, -0.2) is 64.8 Å². The molecule has 1 aromatic carbocycles. The molecule has 8 heteroatoms. The average Bonchev–Trinajstić information content (AvgIpc) is 2.89. The van der Waals surface area contributed by atoms with Gasteiger partial charge >= 0.3 is 5.97 Å². The van der Waals surface area contributed by atoms with Crippen molar-refractivity contribution in [2.24, 2.45) is 11.7 Å². The number of allylic oxidation sites excluding steroid dienone is 5. The van der Waals surface area contributed by atoms with Crippen molar-refractivity contribution in [3.63, 3.8) is 0 Å². The Morgan fingerprint density at radius 1 is 1.13 bits per heavy atom. The van der Waals surface area contributed by atoms with Crippen LogP contribution in [-0.2, 0) is 9.59 Å². The second-order valence-corrected chi connectivity index (χ2v) is 9.25. The molecular weight excluding hydrogens is 482 g/mol. The molecular formula is C30H45N3O5. The number of benzene rings is 1. The van der Waals surface area contributed by atoms with Crippen LogP contribution < -0.4 is 5.73 Å². The molecule has 0 aliphatic rings. The van der Waals surface area contributed by atoms with E-state index in [-0.39, 0.29) is 18.9 Å². The average molecular weight is 528 g/mol. The maximum atomic E-state index is 12.8. The van der Waals surface area contributed by atoms with E-state index in [1.165, 1.54) is 12.5 Å². The van der Waals surface area contributed by atoms with Gasteiger partial charge in [-0.05, 0) is 63.8 Å². The largest absolute Gasteiger partial charge is 0.481 e. The zero-order valence-electron chi connectivity index (χ0n) is 23.8. The van der Waals surface area contributed by atoms with Crippen LogP contribution in [0.1, 0.15) is 80.2 Å². The highest BCUT2D eigenvalue weighted by Gasteiger charge is 2.23. The lowest BCUT2D eigenvalue weighted by molar-refractivity contribution is -0.141. The Morgan fingerprint density at radius 2 is 1.74 bits per heavy atom. The summed E-state index contributed by atoms with van der Waals surface area (Å²) in [5.74, 6) is -2.27. The van der Waals surface area contributed by atoms with E-state index < -0.39 is 23.8 Å². The first kappa shape index (κ1) is 34.5. The summed E-state index contributed by atoms with van der Waals surface area (Å²) < 4.78 is 0. The third-order valence-electron chi connectivity index (χ3n) is 5.83. The first-order chi connectivity index (χ1) is 18.0. The van der Waals surface area contributed by atoms with Crippen molar-refractivity contribution in [1.29, 1.82) is 0 Å². The van der Waals surface area contributed by atoms with Gasteiger partial charge in [0.1, 0.15) is 0 Å². The highest BCUT2D eigenvalue weighted by atomic mass is 16.4. The van der Waals surface area contributed by atoms with Gasteiger partial charge in [0, 0.05) is 36.8 Å². The van der Waals surface area contributed by atoms with Crippen molar-refractivity contribution in [3.8, 4) is 0 Å². The van der Waals surface area contributed by atoms with Crippen LogP contribution in [0.25, 0.3) is 0 Å². The minimum atomic E-state index is -0.981. The van der Waals surface area contributed by atoms with Gasteiger partial charge in [-0.2, -0.15) is 0 Å². The van der Waals surface area contributed by atoms with Gasteiger partial charge in [0.2, 0.25) is 6.41 Å². The fraction of sp³-hybridized carbons (Fsp3) is 0.467. The molecule has 0 aromatic heterocycles. The van der Waals surface area contributed by atoms with Gasteiger partial charge in [-0.3, -0.25) is 24.1 Å². The maximum absolute atomic E-state index is 12.8. The Kier molecular flexibility index (Phi) is 17.0. The summed E-state index contributed by atoms with van der Waals surface area (Å²) >= 11 is 0. The number of imide groups is 1. The molecule has 3 N–H and O–H groups in total. The molecule has 1 rings (SSSR count). The number of carbonyl (C=O) groups excluding carboxylic acids is 3. The molecule has 0 heterocycles. The van der Waals surface area contributed by atoms with Gasteiger partial charge in [-0.25, -0.2) is 0 Å². The van der Waals surface area contributed by atoms with E-state index in [2.05, 4.69) is 19.6 Å². The monoisotopic (exact) mass is 527 g/mol. The van der Waals surface area contributed by atoms with Gasteiger partial charge in [-0.1, -0.05) is 57.2 Å². The number of rotatable bonds is 14. The summed E-state index contributed by atoms with van der Waals surface area (Å²) in [6.45, 7) is 16.1. The van der Waals surface area contributed by atoms with Crippen LogP contribution in [0.15, 0.2) is 54.7 Å². The lowest BCUT2D eigenvalue weighted by atomic mass is 10.0. The summed E-state index contributed by atoms with van der Waals surface area (Å²) in [4.78, 5) is 50.7. The third kappa shape index (κ3) is 12.1. The van der Waals surface area contributed by atoms with Crippen molar-refractivity contribution >= 4 is 24.2 Å². The summed E-state index contributed by atoms with van der Waals surface area (Å²) in [6.07, 6.45) is 10.0. The fourth-order valence-corrected chi connectivity index (χ4v) is 3.60. The van der Waals surface area contributed by atoms with E-state index >= 15 is 0 Å². The van der Waals surface area contributed by atoms with E-state index in [0.29, 0.717) is 36.2 Å². The minimum absolute atomic E-state index is 0.0825. The molecule has 2 unspecified atom stereocenters. The van der Waals surface area contributed by atoms with E-state index in [4.69, 9.17) is 10.8 Å². The highest BCUT2D eigenvalue weighted by molar-refractivity contribution is 6.02. The molecule has 0 aliphatic heterocycles. The summed E-state index contributed by atoms with van der Waals surface area (Å²) in [5.41, 5.74) is 8.58. The number of carboxylic acids is 1. The molecule has 210 valence electrons. The highest BCUT2D eigenvalue weighted by Crippen LogP contribution is 2.16. The van der Waals surface area contributed by atoms with E-state index in [9.17, 15) is 19.2 Å². The normalized spacial score (nSPS) is 12.7. The third-order valence-corrected chi connectivity index (χ3v) is 5.83. The summed E-state index contributed by atoms with van der Waals surface area (Å²) in [7, 11) is 0. The fourth-order valence-electron chi connectivity index (χ4n) is 3.60. The lowest BCUT2D eigenvalue weighted by Crippen LogP contribution is -2.42. The number of aliphatic carboxylic acids is 1. The van der Waals surface area contributed by atoms with Gasteiger partial charge < -0.3 is 15.7 Å². The molecule has 0 bridgehead atoms. The number of hydrogen-bond acceptors (Lipinski definition) is 5. The Morgan fingerprint density at radius 3 is 2.18 bits per heavy atom. The zero-order valence-corrected chi connectivity index (χ0v) is 23.8. The topological polar surface area (TPSA) is 121 Å². The number of carboxylic acid groups (broad SMARTS) is 1. The number of aryl methyl sites for hydroxylation is 1. The van der Waals surface area contributed by atoms with E-state index in [1.54, 1.807) is 36.1 Å². The summed E-state index contributed by atoms with van der Waals surface area (Å²) in [5, 5.41) is 8.99. The molecule has 2 atom stereocenters. The van der Waals surface area contributed by atoms with Crippen LogP contribution in [0.3, 0.4) is 0 Å². The summed E-state index contributed by atoms with van der Waals surface area (Å²) in [6, 6.07) is 4.14. The van der Waals surface area contributed by atoms with Crippen LogP contribution in [0.4, 0.5) is 0 Å². The van der Waals surface area contributed by atoms with Crippen LogP contribution in [0.2, 0.25) is 0 Å². The maximum Gasteiger partial charge on any atom is 0.306 e. The second kappa shape index (κ2) is 18.7. The van der Waals surface area contributed by atoms with Crippen molar-refractivity contribution in [2.45, 2.75) is 66.8 Å². The molecule has 0 fully saturated rings. The van der Waals surface area contributed by atoms with Crippen LogP contribution in [0, 0.1) is 12.8 Å². The minimum Gasteiger partial charge on any atom is -0.481 e. The molecule has 38 heavy (non-hydrogen) atoms. The van der Waals surface area contributed by atoms with E-state index in [1.807, 2.05) is 32.9 Å². The van der Waals surface area contributed by atoms with Crippen LogP contribution in [0.5, 0.6) is 0 Å². The number of amides is 3. The Hall–Kier alpha value is -3.52. The molecule has 0 saturated heterocycles. The SMILES string of the molecule is C=C/C=C\C(C)=C/C.CCCN(CCC)C(=O)c1ccc(C(=O)N(C=O)CC(N)CC(C)C(=O)O)c(C)c1. The molecule has 1 aromatic rings. The first-order valence-electron chi connectivity index (χ1n) is 13.0. The van der Waals surface area contributed by atoms with Crippen molar-refractivity contribution in [1.82, 2.24) is 9.80 Å². The molecule has 8 nitrogen and oxygen atoms in total. The number of carbonyl (C=O) groups is 4. The van der Waals surface area contributed by atoms with Gasteiger partial charge in [0.15, 0.2) is 0 Å². The molecule has 3 amide bonds. The van der Waals surface area contributed by atoms with E-state index in [0.717, 1.165) is 17.7 Å². The number of hydrogen-bond donors (Lipinski definition) is 2. The quantitative estimate of drug-likeness (QED) is 0.260. The van der Waals surface area contributed by atoms with Gasteiger partial charge in [0.25, 0.3) is 11.8 Å². The zero-order chi connectivity index (χ0) is 29.3. The second-order valence-electron chi connectivity index (χ2n) is 9.25. The Labute approximate surface area is 227 Å². The van der Waals surface area contributed by atoms with Gasteiger partial charge in [-0.15, -0.1) is 0 Å². The Bertz CT molecular complexity index is 994. The Balaban J connectivity index is 0.00000147. The first-order valence-corrected chi connectivity index (χ1v) is 13.0.